The van der Waals surface area contributed by atoms with Crippen LogP contribution in [0.15, 0.2) is 12.1 Å². The van der Waals surface area contributed by atoms with Crippen molar-refractivity contribution < 1.29 is 36.2 Å². The molecule has 0 radical (unpaired) electrons. The van der Waals surface area contributed by atoms with Crippen molar-refractivity contribution in [2.24, 2.45) is 0 Å². The summed E-state index contributed by atoms with van der Waals surface area (Å²) in [5.41, 5.74) is -4.61. The molecule has 0 aromatic heterocycles. The number of hydrogen-bond donors (Lipinski definition) is 0. The van der Waals surface area contributed by atoms with Crippen molar-refractivity contribution in [3.05, 3.63) is 43.5 Å². The average molecular weight is 400 g/mol. The lowest BCUT2D eigenvalue weighted by molar-refractivity contribution is -0.395. The Hall–Kier alpha value is -2.40. The number of benzene rings is 1. The lowest BCUT2D eigenvalue weighted by atomic mass is 9.78. The summed E-state index contributed by atoms with van der Waals surface area (Å²) in [6.45, 7) is 0. The summed E-state index contributed by atoms with van der Waals surface area (Å²) in [5, 5.41) is 22.3. The molecule has 0 atom stereocenters. The molecule has 0 unspecified atom stereocenters. The molecule has 2 rings (SSSR count). The van der Waals surface area contributed by atoms with Gasteiger partial charge in [-0.15, -0.1) is 0 Å². The van der Waals surface area contributed by atoms with Gasteiger partial charge in [-0.3, -0.25) is 20.2 Å². The van der Waals surface area contributed by atoms with Gasteiger partial charge in [-0.2, -0.15) is 26.3 Å². The maximum absolute atomic E-state index is 13.3. The van der Waals surface area contributed by atoms with E-state index in [0.29, 0.717) is 25.3 Å². The fourth-order valence-corrected chi connectivity index (χ4v) is 3.48. The summed E-state index contributed by atoms with van der Waals surface area (Å²) >= 11 is 0. The third kappa shape index (κ3) is 4.48. The van der Waals surface area contributed by atoms with E-state index in [4.69, 9.17) is 0 Å². The van der Waals surface area contributed by atoms with Crippen LogP contribution in [0.1, 0.15) is 55.1 Å². The van der Waals surface area contributed by atoms with Gasteiger partial charge < -0.3 is 0 Å². The topological polar surface area (TPSA) is 86.3 Å². The van der Waals surface area contributed by atoms with E-state index in [2.05, 4.69) is 0 Å². The first kappa shape index (κ1) is 20.9. The van der Waals surface area contributed by atoms with Crippen molar-refractivity contribution >= 4 is 11.4 Å². The van der Waals surface area contributed by atoms with Crippen LogP contribution < -0.4 is 0 Å². The summed E-state index contributed by atoms with van der Waals surface area (Å²) in [5.74, 6) is -4.94. The number of nitro groups is 2. The van der Waals surface area contributed by atoms with E-state index in [1.807, 2.05) is 0 Å². The number of nitrogens with zero attached hydrogens (tertiary/aromatic N) is 2. The minimum absolute atomic E-state index is 0.159. The van der Waals surface area contributed by atoms with Gasteiger partial charge in [-0.25, -0.2) is 0 Å². The molecule has 1 aliphatic carbocycles. The van der Waals surface area contributed by atoms with Crippen molar-refractivity contribution in [2.45, 2.75) is 56.3 Å². The third-order valence-corrected chi connectivity index (χ3v) is 4.57. The van der Waals surface area contributed by atoms with Crippen molar-refractivity contribution in [1.82, 2.24) is 0 Å². The van der Waals surface area contributed by atoms with Gasteiger partial charge in [0.05, 0.1) is 21.5 Å². The smallest absolute Gasteiger partial charge is 0.258 e. The fourth-order valence-electron chi connectivity index (χ4n) is 3.48. The molecule has 1 saturated carbocycles. The van der Waals surface area contributed by atoms with Crippen LogP contribution in [-0.4, -0.2) is 22.2 Å². The Balaban J connectivity index is 2.86. The lowest BCUT2D eigenvalue weighted by Gasteiger charge is -2.29. The molecule has 0 spiro atoms. The molecule has 12 heteroatoms. The lowest BCUT2D eigenvalue weighted by Crippen LogP contribution is -2.35. The maximum atomic E-state index is 13.3. The van der Waals surface area contributed by atoms with Gasteiger partial charge in [-0.05, 0) is 24.3 Å². The van der Waals surface area contributed by atoms with Crippen molar-refractivity contribution in [2.75, 3.05) is 0 Å². The minimum atomic E-state index is -5.84. The molecule has 1 aromatic rings. The van der Waals surface area contributed by atoms with E-state index >= 15 is 0 Å². The summed E-state index contributed by atoms with van der Waals surface area (Å²) in [6.07, 6.45) is -9.57. The summed E-state index contributed by atoms with van der Waals surface area (Å²) < 4.78 is 79.6. The zero-order valence-electron chi connectivity index (χ0n) is 13.6. The van der Waals surface area contributed by atoms with E-state index in [9.17, 15) is 46.6 Å². The monoisotopic (exact) mass is 400 g/mol. The third-order valence-electron chi connectivity index (χ3n) is 4.57. The Morgan fingerprint density at radius 2 is 1.41 bits per heavy atom. The first-order chi connectivity index (χ1) is 12.3. The second-order valence-electron chi connectivity index (χ2n) is 6.33. The Labute approximate surface area is 148 Å². The molecule has 1 aliphatic rings. The molecule has 0 saturated heterocycles. The van der Waals surface area contributed by atoms with Crippen LogP contribution in [0.2, 0.25) is 0 Å². The number of nitro benzene ring substituents is 2. The van der Waals surface area contributed by atoms with Crippen molar-refractivity contribution in [1.29, 1.82) is 0 Å². The largest absolute Gasteiger partial charge is 0.404 e. The molecule has 27 heavy (non-hydrogen) atoms. The van der Waals surface area contributed by atoms with Gasteiger partial charge in [0.2, 0.25) is 0 Å². The van der Waals surface area contributed by atoms with Crippen LogP contribution in [0.25, 0.3) is 0 Å². The van der Waals surface area contributed by atoms with E-state index in [1.165, 1.54) is 0 Å². The Kier molecular flexibility index (Phi) is 5.66. The summed E-state index contributed by atoms with van der Waals surface area (Å²) in [6, 6.07) is 0.773. The van der Waals surface area contributed by atoms with Crippen LogP contribution in [-0.2, 0) is 0 Å². The Morgan fingerprint density at radius 1 is 0.889 bits per heavy atom. The molecular formula is C15H14F6N2O4. The van der Waals surface area contributed by atoms with Crippen LogP contribution in [0.3, 0.4) is 0 Å². The Morgan fingerprint density at radius 3 is 1.81 bits per heavy atom. The number of rotatable bonds is 4. The first-order valence-corrected chi connectivity index (χ1v) is 7.94. The molecule has 6 nitrogen and oxygen atoms in total. The summed E-state index contributed by atoms with van der Waals surface area (Å²) in [4.78, 5) is 19.8. The molecular weight excluding hydrogens is 386 g/mol. The average Bonchev–Trinajstić information content (AvgIpc) is 2.52. The second kappa shape index (κ2) is 7.31. The number of alkyl halides is 6. The minimum Gasteiger partial charge on any atom is -0.258 e. The number of halogens is 6. The van der Waals surface area contributed by atoms with Crippen LogP contribution in [0.4, 0.5) is 37.7 Å². The number of hydrogen-bond acceptors (Lipinski definition) is 4. The highest BCUT2D eigenvalue weighted by Crippen LogP contribution is 2.53. The zero-order chi connectivity index (χ0) is 20.6. The van der Waals surface area contributed by atoms with Crippen LogP contribution in [0.5, 0.6) is 0 Å². The van der Waals surface area contributed by atoms with Crippen molar-refractivity contribution in [3.63, 3.8) is 0 Å². The highest BCUT2D eigenvalue weighted by molar-refractivity contribution is 5.57. The molecule has 0 N–H and O–H groups in total. The van der Waals surface area contributed by atoms with Gasteiger partial charge in [0.15, 0.2) is 5.92 Å². The SMILES string of the molecule is O=[N+]([O-])c1cc(C2CCCCC2)c(C(C(F)(F)F)C(F)(F)F)c([N+](=O)[O-])c1. The van der Waals surface area contributed by atoms with E-state index in [1.54, 1.807) is 0 Å². The fraction of sp³-hybridized carbons (Fsp3) is 0.600. The summed E-state index contributed by atoms with van der Waals surface area (Å²) in [7, 11) is 0. The molecule has 150 valence electrons. The van der Waals surface area contributed by atoms with E-state index in [0.717, 1.165) is 0 Å². The van der Waals surface area contributed by atoms with E-state index in [-0.39, 0.29) is 18.9 Å². The molecule has 1 fully saturated rings. The predicted octanol–water partition coefficient (Wildman–Crippen LogP) is 5.76. The molecule has 0 amide bonds. The predicted molar refractivity (Wildman–Crippen MR) is 80.4 cm³/mol. The zero-order valence-corrected chi connectivity index (χ0v) is 13.6. The normalized spacial score (nSPS) is 16.6. The first-order valence-electron chi connectivity index (χ1n) is 7.94. The second-order valence-corrected chi connectivity index (χ2v) is 6.33. The van der Waals surface area contributed by atoms with Gasteiger partial charge in [0.1, 0.15) is 0 Å². The molecule has 1 aromatic carbocycles. The maximum Gasteiger partial charge on any atom is 0.404 e. The molecule has 0 aliphatic heterocycles. The van der Waals surface area contributed by atoms with E-state index < -0.39 is 56.5 Å². The highest BCUT2D eigenvalue weighted by Gasteiger charge is 2.60. The molecule has 0 bridgehead atoms. The van der Waals surface area contributed by atoms with Crippen molar-refractivity contribution in [3.8, 4) is 0 Å². The quantitative estimate of drug-likeness (QED) is 0.365. The molecule has 0 heterocycles. The standard InChI is InChI=1S/C15H14F6N2O4/c16-14(17,18)13(15(19,20)21)12-10(8-4-2-1-3-5-8)6-9(22(24)25)7-11(12)23(26)27/h6-8,13H,1-5H2. The highest BCUT2D eigenvalue weighted by atomic mass is 19.4. The Bertz CT molecular complexity index is 727. The van der Waals surface area contributed by atoms with Crippen LogP contribution >= 0.6 is 0 Å². The van der Waals surface area contributed by atoms with Gasteiger partial charge in [0, 0.05) is 6.07 Å². The van der Waals surface area contributed by atoms with Crippen LogP contribution in [0, 0.1) is 20.2 Å². The van der Waals surface area contributed by atoms with Gasteiger partial charge in [-0.1, -0.05) is 19.3 Å². The van der Waals surface area contributed by atoms with Gasteiger partial charge >= 0.3 is 12.4 Å². The number of non-ortho nitro benzene ring substituents is 1. The van der Waals surface area contributed by atoms with Gasteiger partial charge in [0.25, 0.3) is 11.4 Å².